The van der Waals surface area contributed by atoms with Gasteiger partial charge in [-0.15, -0.1) is 0 Å². The molecule has 1 aromatic rings. The number of methoxy groups -OCH3 is 1. The van der Waals surface area contributed by atoms with Crippen LogP contribution in [0.15, 0.2) is 35.3 Å². The summed E-state index contributed by atoms with van der Waals surface area (Å²) in [7, 11) is 1.33. The minimum absolute atomic E-state index is 0.0496. The van der Waals surface area contributed by atoms with Crippen molar-refractivity contribution in [3.05, 3.63) is 35.9 Å². The van der Waals surface area contributed by atoms with Crippen LogP contribution in [-0.2, 0) is 20.7 Å². The zero-order chi connectivity index (χ0) is 20.1. The molecule has 0 unspecified atom stereocenters. The Morgan fingerprint density at radius 3 is 2.75 bits per heavy atom. The smallest absolute Gasteiger partial charge is 0.410 e. The highest BCUT2D eigenvalue weighted by atomic mass is 16.5. The molecular formula is C21H29N3O4. The van der Waals surface area contributed by atoms with Gasteiger partial charge >= 0.3 is 6.09 Å². The van der Waals surface area contributed by atoms with E-state index in [0.29, 0.717) is 25.5 Å². The molecule has 0 saturated carbocycles. The molecule has 0 radical (unpaired) electrons. The number of nitrogens with zero attached hydrogens (tertiary/aromatic N) is 2. The first-order chi connectivity index (χ1) is 13.5. The molecule has 0 aromatic heterocycles. The zero-order valence-electron chi connectivity index (χ0n) is 16.8. The highest BCUT2D eigenvalue weighted by Gasteiger charge is 2.37. The van der Waals surface area contributed by atoms with E-state index in [1.54, 1.807) is 0 Å². The molecule has 7 heteroatoms. The fourth-order valence-corrected chi connectivity index (χ4v) is 3.73. The molecule has 1 saturated heterocycles. The quantitative estimate of drug-likeness (QED) is 0.813. The summed E-state index contributed by atoms with van der Waals surface area (Å²) in [6.07, 6.45) is 1.77. The summed E-state index contributed by atoms with van der Waals surface area (Å²) < 4.78 is 10.6. The van der Waals surface area contributed by atoms with Gasteiger partial charge in [-0.2, -0.15) is 0 Å². The largest absolute Gasteiger partial charge is 0.477 e. The molecule has 0 bridgehead atoms. The molecule has 28 heavy (non-hydrogen) atoms. The molecule has 0 aliphatic carbocycles. The summed E-state index contributed by atoms with van der Waals surface area (Å²) in [5.74, 6) is 0.512. The molecule has 152 valence electrons. The van der Waals surface area contributed by atoms with Crippen molar-refractivity contribution in [1.82, 2.24) is 10.2 Å². The molecule has 1 N–H and O–H groups in total. The van der Waals surface area contributed by atoms with Gasteiger partial charge in [0.1, 0.15) is 18.7 Å². The van der Waals surface area contributed by atoms with Crippen molar-refractivity contribution in [1.29, 1.82) is 0 Å². The van der Waals surface area contributed by atoms with Gasteiger partial charge in [0.2, 0.25) is 11.8 Å². The van der Waals surface area contributed by atoms with Crippen molar-refractivity contribution >= 4 is 17.9 Å². The van der Waals surface area contributed by atoms with Crippen LogP contribution in [0.3, 0.4) is 0 Å². The van der Waals surface area contributed by atoms with Gasteiger partial charge in [-0.1, -0.05) is 44.2 Å². The number of hydrogen-bond donors (Lipinski definition) is 1. The lowest BCUT2D eigenvalue weighted by molar-refractivity contribution is -0.125. The van der Waals surface area contributed by atoms with Gasteiger partial charge in [0.05, 0.1) is 13.2 Å². The Morgan fingerprint density at radius 2 is 2.07 bits per heavy atom. The van der Waals surface area contributed by atoms with E-state index < -0.39 is 12.1 Å². The standard InChI is InChI=1S/C21H29N3O4/c1-14(2)18(23-19(25)17-10-7-11-24(17)21(26)27-3)20-22-16(13-28-20)12-15-8-5-4-6-9-15/h4-6,8-9,14,16-18H,7,10-13H2,1-3H3,(H,23,25)/t16-,17+,18+/m1/s1. The maximum absolute atomic E-state index is 12.8. The number of carbonyl (C=O) groups excluding carboxylic acids is 2. The van der Waals surface area contributed by atoms with Gasteiger partial charge in [0.15, 0.2) is 0 Å². The molecule has 2 aliphatic rings. The zero-order valence-corrected chi connectivity index (χ0v) is 16.8. The topological polar surface area (TPSA) is 80.2 Å². The Hall–Kier alpha value is -2.57. The first kappa shape index (κ1) is 20.2. The number of aliphatic imine (C=N–C) groups is 1. The lowest BCUT2D eigenvalue weighted by atomic mass is 10.0. The molecule has 2 heterocycles. The van der Waals surface area contributed by atoms with Crippen LogP contribution >= 0.6 is 0 Å². The Kier molecular flexibility index (Phi) is 6.54. The number of amides is 2. The lowest BCUT2D eigenvalue weighted by Crippen LogP contribution is -2.52. The maximum Gasteiger partial charge on any atom is 0.410 e. The first-order valence-corrected chi connectivity index (χ1v) is 9.89. The lowest BCUT2D eigenvalue weighted by Gasteiger charge is -2.27. The molecule has 3 atom stereocenters. The summed E-state index contributed by atoms with van der Waals surface area (Å²) in [6.45, 7) is 5.09. The van der Waals surface area contributed by atoms with E-state index in [-0.39, 0.29) is 23.9 Å². The summed E-state index contributed by atoms with van der Waals surface area (Å²) in [6, 6.07) is 9.42. The van der Waals surface area contributed by atoms with Crippen molar-refractivity contribution < 1.29 is 19.1 Å². The molecule has 1 fully saturated rings. The average molecular weight is 387 g/mol. The molecule has 7 nitrogen and oxygen atoms in total. The van der Waals surface area contributed by atoms with Crippen LogP contribution in [0.5, 0.6) is 0 Å². The second-order valence-corrected chi connectivity index (χ2v) is 7.67. The Bertz CT molecular complexity index is 720. The highest BCUT2D eigenvalue weighted by Crippen LogP contribution is 2.20. The maximum atomic E-state index is 12.8. The van der Waals surface area contributed by atoms with Crippen molar-refractivity contribution in [3.8, 4) is 0 Å². The summed E-state index contributed by atoms with van der Waals surface area (Å²) in [5, 5.41) is 3.05. The molecule has 1 aromatic carbocycles. The van der Waals surface area contributed by atoms with Gasteiger partial charge < -0.3 is 14.8 Å². The van der Waals surface area contributed by atoms with E-state index in [1.165, 1.54) is 17.6 Å². The number of benzene rings is 1. The van der Waals surface area contributed by atoms with Crippen LogP contribution in [0.25, 0.3) is 0 Å². The molecule has 2 aliphatic heterocycles. The third-order valence-electron chi connectivity index (χ3n) is 5.24. The fourth-order valence-electron chi connectivity index (χ4n) is 3.73. The van der Waals surface area contributed by atoms with Crippen LogP contribution < -0.4 is 5.32 Å². The predicted octanol–water partition coefficient (Wildman–Crippen LogP) is 2.40. The van der Waals surface area contributed by atoms with Crippen LogP contribution in [0.2, 0.25) is 0 Å². The Morgan fingerprint density at radius 1 is 1.32 bits per heavy atom. The normalized spacial score (nSPS) is 22.6. The van der Waals surface area contributed by atoms with Gasteiger partial charge in [-0.05, 0) is 30.7 Å². The summed E-state index contributed by atoms with van der Waals surface area (Å²) >= 11 is 0. The summed E-state index contributed by atoms with van der Waals surface area (Å²) in [4.78, 5) is 31.0. The highest BCUT2D eigenvalue weighted by molar-refractivity contribution is 5.92. The predicted molar refractivity (Wildman–Crippen MR) is 106 cm³/mol. The van der Waals surface area contributed by atoms with Crippen LogP contribution in [0.4, 0.5) is 4.79 Å². The van der Waals surface area contributed by atoms with Crippen LogP contribution in [0, 0.1) is 5.92 Å². The molecule has 3 rings (SSSR count). The third-order valence-corrected chi connectivity index (χ3v) is 5.24. The number of nitrogens with one attached hydrogen (secondary N) is 1. The van der Waals surface area contributed by atoms with Crippen molar-refractivity contribution in [2.24, 2.45) is 10.9 Å². The average Bonchev–Trinajstić information content (AvgIpc) is 3.35. The Balaban J connectivity index is 1.65. The molecule has 0 spiro atoms. The van der Waals surface area contributed by atoms with E-state index >= 15 is 0 Å². The van der Waals surface area contributed by atoms with Gasteiger partial charge in [-0.25, -0.2) is 9.79 Å². The minimum Gasteiger partial charge on any atom is -0.477 e. The second-order valence-electron chi connectivity index (χ2n) is 7.67. The van der Waals surface area contributed by atoms with Gasteiger partial charge in [0, 0.05) is 6.54 Å². The number of ether oxygens (including phenoxy) is 2. The number of hydrogen-bond acceptors (Lipinski definition) is 5. The monoisotopic (exact) mass is 387 g/mol. The molecule has 2 amide bonds. The van der Waals surface area contributed by atoms with E-state index in [1.807, 2.05) is 32.0 Å². The van der Waals surface area contributed by atoms with E-state index in [2.05, 4.69) is 17.4 Å². The van der Waals surface area contributed by atoms with Crippen molar-refractivity contribution in [3.63, 3.8) is 0 Å². The van der Waals surface area contributed by atoms with E-state index in [9.17, 15) is 9.59 Å². The van der Waals surface area contributed by atoms with Gasteiger partial charge in [-0.3, -0.25) is 9.69 Å². The number of rotatable bonds is 6. The van der Waals surface area contributed by atoms with Crippen molar-refractivity contribution in [2.75, 3.05) is 20.3 Å². The van der Waals surface area contributed by atoms with E-state index in [4.69, 9.17) is 14.5 Å². The minimum atomic E-state index is -0.504. The number of likely N-dealkylation sites (tertiary alicyclic amines) is 1. The second kappa shape index (κ2) is 9.08. The first-order valence-electron chi connectivity index (χ1n) is 9.89. The van der Waals surface area contributed by atoms with Crippen LogP contribution in [-0.4, -0.2) is 61.2 Å². The number of carbonyl (C=O) groups is 2. The molecular weight excluding hydrogens is 358 g/mol. The van der Waals surface area contributed by atoms with Gasteiger partial charge in [0.25, 0.3) is 0 Å². The Labute approximate surface area is 166 Å². The SMILES string of the molecule is COC(=O)N1CCC[C@H]1C(=O)N[C@H](C1=N[C@H](Cc2ccccc2)CO1)C(C)C. The van der Waals surface area contributed by atoms with E-state index in [0.717, 1.165) is 12.8 Å². The third kappa shape index (κ3) is 4.64. The fraction of sp³-hybridized carbons (Fsp3) is 0.571. The summed E-state index contributed by atoms with van der Waals surface area (Å²) in [5.41, 5.74) is 1.21. The van der Waals surface area contributed by atoms with Crippen molar-refractivity contribution in [2.45, 2.75) is 51.2 Å². The van der Waals surface area contributed by atoms with Crippen LogP contribution in [0.1, 0.15) is 32.3 Å².